The molecule has 0 unspecified atom stereocenters. The van der Waals surface area contributed by atoms with Gasteiger partial charge in [-0.2, -0.15) is 13.2 Å². The van der Waals surface area contributed by atoms with E-state index in [-0.39, 0.29) is 72.1 Å². The molecule has 0 bridgehead atoms. The van der Waals surface area contributed by atoms with E-state index >= 15 is 0 Å². The summed E-state index contributed by atoms with van der Waals surface area (Å²) in [6, 6.07) is 77.7. The number of methoxy groups -OCH3 is 1. The molecule has 0 aliphatic carbocycles. The number of alkyl halides is 3. The maximum Gasteiger partial charge on any atom is 0.416 e. The van der Waals surface area contributed by atoms with Crippen LogP contribution in [0.25, 0.3) is 0 Å². The van der Waals surface area contributed by atoms with Crippen molar-refractivity contribution >= 4 is 115 Å². The topological polar surface area (TPSA) is 265 Å². The molecule has 15 rings (SSSR count). The Morgan fingerprint density at radius 2 is 0.622 bits per heavy atom. The van der Waals surface area contributed by atoms with E-state index in [1.807, 2.05) is 49.4 Å². The number of aryl methyl sites for hydroxylation is 1. The second kappa shape index (κ2) is 50.9. The molecular formula is C98H88Cl3F4IN10O11. The molecule has 5 heterocycles. The highest BCUT2D eigenvalue weighted by molar-refractivity contribution is 14.1. The van der Waals surface area contributed by atoms with Gasteiger partial charge in [-0.05, 0) is 230 Å². The summed E-state index contributed by atoms with van der Waals surface area (Å²) in [6.07, 6.45) is 11.6. The summed E-state index contributed by atoms with van der Waals surface area (Å²) in [4.78, 5) is 81.3. The van der Waals surface area contributed by atoms with E-state index in [1.54, 1.807) is 263 Å². The van der Waals surface area contributed by atoms with Gasteiger partial charge in [-0.25, -0.2) is 4.39 Å². The minimum Gasteiger partial charge on any atom is -0.497 e. The Balaban J connectivity index is 0.000000243. The van der Waals surface area contributed by atoms with Crippen molar-refractivity contribution in [1.82, 2.24) is 24.9 Å². The van der Waals surface area contributed by atoms with E-state index in [1.165, 1.54) is 36.7 Å². The number of carbonyl (C=O) groups excluding carboxylic acids is 5. The second-order valence-electron chi connectivity index (χ2n) is 25.5. The summed E-state index contributed by atoms with van der Waals surface area (Å²) >= 11 is 20.1. The summed E-state index contributed by atoms with van der Waals surface area (Å²) in [7, 11) is 1.57. The molecule has 5 amide bonds. The molecule has 5 N–H and O–H groups in total. The van der Waals surface area contributed by atoms with Crippen molar-refractivity contribution in [2.24, 2.45) is 0 Å². The number of hydrogen-bond acceptors (Lipinski definition) is 16. The summed E-state index contributed by atoms with van der Waals surface area (Å²) in [5, 5.41) is 15.2. The van der Waals surface area contributed by atoms with Crippen LogP contribution >= 0.6 is 57.4 Å². The lowest BCUT2D eigenvalue weighted by Crippen LogP contribution is -2.13. The highest BCUT2D eigenvalue weighted by Crippen LogP contribution is 2.34. The first kappa shape index (κ1) is 101. The van der Waals surface area contributed by atoms with Crippen LogP contribution in [-0.4, -0.2) is 61.6 Å². The van der Waals surface area contributed by atoms with E-state index in [9.17, 15) is 41.5 Å². The minimum atomic E-state index is -4.51. The summed E-state index contributed by atoms with van der Waals surface area (Å²) in [5.41, 5.74) is 4.52. The molecule has 652 valence electrons. The zero-order valence-electron chi connectivity index (χ0n) is 64.2. The van der Waals surface area contributed by atoms with E-state index in [0.717, 1.165) is 21.3 Å². The van der Waals surface area contributed by atoms with Crippen molar-refractivity contribution in [2.75, 3.05) is 33.7 Å². The number of ether oxygens (including phenoxy) is 6. The Bertz CT molecular complexity index is 5720. The van der Waals surface area contributed by atoms with E-state index in [0.29, 0.717) is 123 Å². The molecule has 0 spiro atoms. The van der Waals surface area contributed by atoms with Gasteiger partial charge in [0.1, 0.15) is 69.1 Å². The van der Waals surface area contributed by atoms with Crippen molar-refractivity contribution < 1.29 is 70.0 Å². The molecular weight excluding hydrogens is 1800 g/mol. The van der Waals surface area contributed by atoms with Crippen LogP contribution in [0.1, 0.15) is 100 Å². The largest absolute Gasteiger partial charge is 0.497 e. The van der Waals surface area contributed by atoms with Crippen molar-refractivity contribution in [3.8, 4) is 63.2 Å². The zero-order chi connectivity index (χ0) is 86.2. The molecule has 0 atom stereocenters. The molecule has 29 heteroatoms. The Kier molecular flexibility index (Phi) is 40.5. The second-order valence-corrected chi connectivity index (χ2v) is 28.1. The predicted octanol–water partition coefficient (Wildman–Crippen LogP) is 27.9. The fraction of sp³-hybridized carbons (Fsp3) is 0.0816. The predicted molar refractivity (Wildman–Crippen MR) is 503 cm³/mol. The van der Waals surface area contributed by atoms with E-state index < -0.39 is 23.5 Å². The molecule has 0 fully saturated rings. The Morgan fingerprint density at radius 3 is 1.02 bits per heavy atom. The number of carbonyl (C=O) groups is 5. The maximum absolute atomic E-state index is 13.8. The number of pyridine rings is 5. The third-order valence-electron chi connectivity index (χ3n) is 16.2. The Labute approximate surface area is 762 Å². The monoisotopic (exact) mass is 1890 g/mol. The fourth-order valence-electron chi connectivity index (χ4n) is 10.7. The van der Waals surface area contributed by atoms with Crippen molar-refractivity contribution in [3.63, 3.8) is 0 Å². The molecule has 0 aliphatic rings. The quantitative estimate of drug-likeness (QED) is 0.0331. The van der Waals surface area contributed by atoms with Gasteiger partial charge in [0.25, 0.3) is 29.5 Å². The molecule has 10 aromatic carbocycles. The van der Waals surface area contributed by atoms with Crippen LogP contribution in [0.4, 0.5) is 46.0 Å². The first-order valence-corrected chi connectivity index (χ1v) is 38.6. The van der Waals surface area contributed by atoms with Crippen LogP contribution in [0.3, 0.4) is 0 Å². The van der Waals surface area contributed by atoms with Crippen molar-refractivity contribution in [1.29, 1.82) is 0 Å². The summed E-state index contributed by atoms with van der Waals surface area (Å²) in [6.45, 7) is 1.90. The standard InChI is InChI=1S/C19H13F3N2O2.C19H15FN2O2.C19H16N2O3.C18H12Cl2N2O2.C18H12ClIN2O2.5CH4/c20-19(21,22)14-5-1-4-13(10-14)18(25)24-15-6-2-7-16(11-15)26-17-8-3-9-23-12-17;1-13-4-2-5-14(8-13)19(23)22-16-9-15(20)10-18(11-16)24-17-6-3-7-21-12-17;1-23-16-7-2-5-14(11-16)19(22)21-15-6-3-8-17(12-15)24-18-9-4-10-20-13-18;2*19-13-4-1-3-12(7-13)18(23)22-15-8-14(20)9-17(10-15)24-16-5-2-6-21-11-16;;;;;/h1-12H,(H,24,25);2-12H,1H3,(H,22,23);2-13H,1H3,(H,21,22);2*1-11H,(H,22,23);5*1H4. The number of amides is 5. The minimum absolute atomic E-state index is 0. The first-order valence-electron chi connectivity index (χ1n) is 36.4. The van der Waals surface area contributed by atoms with Crippen LogP contribution in [0, 0.1) is 16.3 Å². The average molecular weight is 1890 g/mol. The molecule has 0 saturated heterocycles. The number of halogens is 8. The highest BCUT2D eigenvalue weighted by atomic mass is 127. The Morgan fingerprint density at radius 1 is 0.307 bits per heavy atom. The zero-order valence-corrected chi connectivity index (χ0v) is 68.6. The van der Waals surface area contributed by atoms with Crippen LogP contribution in [0.2, 0.25) is 15.1 Å². The summed E-state index contributed by atoms with van der Waals surface area (Å²) < 4.78 is 86.5. The first-order chi connectivity index (χ1) is 58.9. The van der Waals surface area contributed by atoms with Gasteiger partial charge >= 0.3 is 6.18 Å². The molecule has 0 radical (unpaired) electrons. The third-order valence-corrected chi connectivity index (χ3v) is 17.5. The maximum atomic E-state index is 13.8. The lowest BCUT2D eigenvalue weighted by Gasteiger charge is -2.10. The smallest absolute Gasteiger partial charge is 0.416 e. The lowest BCUT2D eigenvalue weighted by atomic mass is 10.1. The highest BCUT2D eigenvalue weighted by Gasteiger charge is 2.31. The average Bonchev–Trinajstić information content (AvgIpc) is 0.808. The van der Waals surface area contributed by atoms with Crippen LogP contribution in [0.15, 0.2) is 347 Å². The van der Waals surface area contributed by atoms with Crippen molar-refractivity contribution in [3.05, 3.63) is 410 Å². The van der Waals surface area contributed by atoms with E-state index in [4.69, 9.17) is 63.2 Å². The van der Waals surface area contributed by atoms with Gasteiger partial charge < -0.3 is 55.0 Å². The van der Waals surface area contributed by atoms with Gasteiger partial charge in [0.15, 0.2) is 0 Å². The number of nitrogens with one attached hydrogen (secondary N) is 5. The van der Waals surface area contributed by atoms with Gasteiger partial charge in [-0.15, -0.1) is 0 Å². The number of nitrogens with zero attached hydrogens (tertiary/aromatic N) is 5. The van der Waals surface area contributed by atoms with Crippen molar-refractivity contribution in [2.45, 2.75) is 50.2 Å². The van der Waals surface area contributed by atoms with Gasteiger partial charge in [-0.3, -0.25) is 48.9 Å². The number of rotatable bonds is 21. The Hall–Kier alpha value is -14.6. The van der Waals surface area contributed by atoms with Crippen LogP contribution < -0.4 is 55.0 Å². The molecule has 127 heavy (non-hydrogen) atoms. The molecule has 15 aromatic rings. The third kappa shape index (κ3) is 33.5. The number of anilines is 5. The molecule has 5 aromatic heterocycles. The fourth-order valence-corrected chi connectivity index (χ4v) is 12.0. The number of benzene rings is 10. The van der Waals surface area contributed by atoms with Gasteiger partial charge in [0.05, 0.1) is 43.7 Å². The van der Waals surface area contributed by atoms with Crippen LogP contribution in [-0.2, 0) is 6.18 Å². The van der Waals surface area contributed by atoms with E-state index in [2.05, 4.69) is 74.1 Å². The molecule has 0 saturated carbocycles. The van der Waals surface area contributed by atoms with Gasteiger partial charge in [0.2, 0.25) is 0 Å². The number of hydrogen-bond donors (Lipinski definition) is 5. The SMILES string of the molecule is C.C.C.C.C.COc1cccc(C(=O)Nc2cccc(Oc3cccnc3)c2)c1.Cc1cccc(C(=O)Nc2cc(F)cc(Oc3cccnc3)c2)c1.O=C(Nc1cc(Cl)cc(Oc2cccnc2)c1)c1cccc(Cl)c1.O=C(Nc1cc(I)cc(Oc2cccnc2)c1)c1cccc(Cl)c1.O=C(Nc1cccc(Oc2cccnc2)c1)c1cccc(C(F)(F)F)c1. The molecule has 21 nitrogen and oxygen atoms in total. The lowest BCUT2D eigenvalue weighted by molar-refractivity contribution is -0.137. The van der Waals surface area contributed by atoms with Gasteiger partial charge in [0, 0.05) is 142 Å². The van der Waals surface area contributed by atoms with Crippen LogP contribution in [0.5, 0.6) is 63.2 Å². The van der Waals surface area contributed by atoms with Gasteiger partial charge in [-0.1, -0.05) is 126 Å². The summed E-state index contributed by atoms with van der Waals surface area (Å²) in [5.74, 6) is 3.77. The number of aromatic nitrogens is 5. The normalized spacial score (nSPS) is 9.97. The molecule has 0 aliphatic heterocycles.